The lowest BCUT2D eigenvalue weighted by atomic mass is 10.2. The van der Waals surface area contributed by atoms with Crippen molar-refractivity contribution < 1.29 is 0 Å². The highest BCUT2D eigenvalue weighted by atomic mass is 127. The number of likely N-dealkylation sites (tertiary alicyclic amines) is 1. The number of benzene rings is 1. The van der Waals surface area contributed by atoms with Gasteiger partial charge in [-0.25, -0.2) is 0 Å². The first-order valence-electron chi connectivity index (χ1n) is 7.15. The summed E-state index contributed by atoms with van der Waals surface area (Å²) in [7, 11) is 0. The molecule has 0 bridgehead atoms. The lowest BCUT2D eigenvalue weighted by Crippen LogP contribution is -2.35. The van der Waals surface area contributed by atoms with Gasteiger partial charge in [0.05, 0.1) is 6.54 Å². The van der Waals surface area contributed by atoms with Gasteiger partial charge in [-0.1, -0.05) is 25.1 Å². The van der Waals surface area contributed by atoms with E-state index in [-0.39, 0.29) is 24.0 Å². The molecule has 1 aliphatic rings. The molecule has 0 aromatic heterocycles. The van der Waals surface area contributed by atoms with Crippen molar-refractivity contribution in [3.05, 3.63) is 30.3 Å². The molecule has 0 aliphatic carbocycles. The van der Waals surface area contributed by atoms with Gasteiger partial charge in [-0.3, -0.25) is 9.89 Å². The standard InChI is InChI=1S/C15H24N4.HI/c1-2-14(19-10-6-7-11-19)12-17-15(16)18-13-8-4-3-5-9-13;/h3-5,8-9,14H,2,6-7,10-12H2,1H3,(H3,16,17,18);1H. The van der Waals surface area contributed by atoms with Crippen molar-refractivity contribution in [2.45, 2.75) is 32.2 Å². The van der Waals surface area contributed by atoms with E-state index in [0.29, 0.717) is 12.0 Å². The largest absolute Gasteiger partial charge is 0.370 e. The Kier molecular flexibility index (Phi) is 7.91. The van der Waals surface area contributed by atoms with Gasteiger partial charge in [-0.05, 0) is 44.5 Å². The van der Waals surface area contributed by atoms with Gasteiger partial charge < -0.3 is 11.1 Å². The summed E-state index contributed by atoms with van der Waals surface area (Å²) in [6.45, 7) is 5.42. The molecule has 20 heavy (non-hydrogen) atoms. The van der Waals surface area contributed by atoms with E-state index in [0.717, 1.165) is 18.7 Å². The summed E-state index contributed by atoms with van der Waals surface area (Å²) in [4.78, 5) is 7.00. The fraction of sp³-hybridized carbons (Fsp3) is 0.533. The number of hydrogen-bond acceptors (Lipinski definition) is 2. The highest BCUT2D eigenvalue weighted by molar-refractivity contribution is 14.0. The van der Waals surface area contributed by atoms with Crippen LogP contribution >= 0.6 is 24.0 Å². The normalized spacial score (nSPS) is 17.6. The predicted molar refractivity (Wildman–Crippen MR) is 96.9 cm³/mol. The van der Waals surface area contributed by atoms with Crippen molar-refractivity contribution in [1.82, 2.24) is 4.90 Å². The minimum atomic E-state index is 0. The van der Waals surface area contributed by atoms with E-state index < -0.39 is 0 Å². The van der Waals surface area contributed by atoms with Gasteiger partial charge in [0.25, 0.3) is 0 Å². The van der Waals surface area contributed by atoms with Gasteiger partial charge in [0.15, 0.2) is 5.96 Å². The van der Waals surface area contributed by atoms with Crippen molar-refractivity contribution in [1.29, 1.82) is 0 Å². The second-order valence-corrected chi connectivity index (χ2v) is 5.02. The first-order valence-corrected chi connectivity index (χ1v) is 7.15. The molecular formula is C15H25IN4. The number of halogens is 1. The third kappa shape index (κ3) is 5.28. The number of anilines is 1. The molecule has 0 spiro atoms. The topological polar surface area (TPSA) is 53.6 Å². The van der Waals surface area contributed by atoms with Crippen LogP contribution in [0.2, 0.25) is 0 Å². The lowest BCUT2D eigenvalue weighted by Gasteiger charge is -2.24. The zero-order valence-corrected chi connectivity index (χ0v) is 14.4. The summed E-state index contributed by atoms with van der Waals surface area (Å²) < 4.78 is 0. The summed E-state index contributed by atoms with van der Waals surface area (Å²) in [6, 6.07) is 10.4. The summed E-state index contributed by atoms with van der Waals surface area (Å²) in [5, 5.41) is 3.12. The molecule has 1 heterocycles. The number of nitrogens with zero attached hydrogens (tertiary/aromatic N) is 2. The average Bonchev–Trinajstić information content (AvgIpc) is 2.95. The Balaban J connectivity index is 0.00000200. The van der Waals surface area contributed by atoms with Crippen LogP contribution in [0, 0.1) is 0 Å². The van der Waals surface area contributed by atoms with Gasteiger partial charge in [-0.15, -0.1) is 24.0 Å². The molecule has 1 fully saturated rings. The molecule has 1 atom stereocenters. The Hall–Kier alpha value is -0.820. The molecule has 1 unspecified atom stereocenters. The van der Waals surface area contributed by atoms with Crippen LogP contribution in [-0.2, 0) is 0 Å². The van der Waals surface area contributed by atoms with Crippen LogP contribution in [0.4, 0.5) is 5.69 Å². The third-order valence-electron chi connectivity index (χ3n) is 3.65. The minimum Gasteiger partial charge on any atom is -0.370 e. The van der Waals surface area contributed by atoms with E-state index >= 15 is 0 Å². The molecule has 0 saturated carbocycles. The molecule has 1 saturated heterocycles. The number of hydrogen-bond donors (Lipinski definition) is 2. The zero-order chi connectivity index (χ0) is 13.5. The van der Waals surface area contributed by atoms with E-state index in [4.69, 9.17) is 5.73 Å². The van der Waals surface area contributed by atoms with Crippen LogP contribution in [0.1, 0.15) is 26.2 Å². The van der Waals surface area contributed by atoms with Gasteiger partial charge in [-0.2, -0.15) is 0 Å². The van der Waals surface area contributed by atoms with Crippen LogP contribution < -0.4 is 11.1 Å². The zero-order valence-electron chi connectivity index (χ0n) is 12.1. The maximum atomic E-state index is 5.93. The third-order valence-corrected chi connectivity index (χ3v) is 3.65. The molecule has 4 nitrogen and oxygen atoms in total. The monoisotopic (exact) mass is 388 g/mol. The average molecular weight is 388 g/mol. The van der Waals surface area contributed by atoms with Crippen molar-refractivity contribution >= 4 is 35.6 Å². The van der Waals surface area contributed by atoms with E-state index in [2.05, 4.69) is 22.1 Å². The number of nitrogens with one attached hydrogen (secondary N) is 1. The Bertz CT molecular complexity index is 402. The summed E-state index contributed by atoms with van der Waals surface area (Å²) in [5.74, 6) is 0.504. The van der Waals surface area contributed by atoms with Crippen LogP contribution in [0.25, 0.3) is 0 Å². The van der Waals surface area contributed by atoms with Crippen LogP contribution in [0.15, 0.2) is 35.3 Å². The summed E-state index contributed by atoms with van der Waals surface area (Å²) in [5.41, 5.74) is 6.91. The summed E-state index contributed by atoms with van der Waals surface area (Å²) in [6.07, 6.45) is 3.76. The van der Waals surface area contributed by atoms with Gasteiger partial charge >= 0.3 is 0 Å². The second kappa shape index (κ2) is 9.18. The fourth-order valence-corrected chi connectivity index (χ4v) is 2.52. The molecule has 0 radical (unpaired) electrons. The smallest absolute Gasteiger partial charge is 0.193 e. The molecule has 1 aromatic rings. The number of guanidine groups is 1. The molecule has 3 N–H and O–H groups in total. The van der Waals surface area contributed by atoms with Gasteiger partial charge in [0.2, 0.25) is 0 Å². The Morgan fingerprint density at radius 2 is 1.95 bits per heavy atom. The van der Waals surface area contributed by atoms with Crippen molar-refractivity contribution in [3.8, 4) is 0 Å². The highest BCUT2D eigenvalue weighted by Crippen LogP contribution is 2.14. The predicted octanol–water partition coefficient (Wildman–Crippen LogP) is 2.91. The van der Waals surface area contributed by atoms with Crippen LogP contribution in [0.5, 0.6) is 0 Å². The number of aliphatic imine (C=N–C) groups is 1. The Morgan fingerprint density at radius 3 is 2.55 bits per heavy atom. The molecule has 0 amide bonds. The van der Waals surface area contributed by atoms with E-state index in [1.165, 1.54) is 25.9 Å². The molecule has 1 aliphatic heterocycles. The quantitative estimate of drug-likeness (QED) is 0.463. The fourth-order valence-electron chi connectivity index (χ4n) is 2.52. The van der Waals surface area contributed by atoms with E-state index in [1.54, 1.807) is 0 Å². The molecule has 112 valence electrons. The minimum absolute atomic E-state index is 0. The Labute approximate surface area is 138 Å². The van der Waals surface area contributed by atoms with Crippen LogP contribution in [0.3, 0.4) is 0 Å². The maximum absolute atomic E-state index is 5.93. The first kappa shape index (κ1) is 17.2. The molecule has 1 aromatic carbocycles. The van der Waals surface area contributed by atoms with Gasteiger partial charge in [0.1, 0.15) is 0 Å². The van der Waals surface area contributed by atoms with Crippen molar-refractivity contribution in [2.24, 2.45) is 10.7 Å². The number of rotatable bonds is 5. The second-order valence-electron chi connectivity index (χ2n) is 5.02. The molecular weight excluding hydrogens is 363 g/mol. The number of para-hydroxylation sites is 1. The number of nitrogens with two attached hydrogens (primary N) is 1. The van der Waals surface area contributed by atoms with Gasteiger partial charge in [0, 0.05) is 11.7 Å². The molecule has 5 heteroatoms. The lowest BCUT2D eigenvalue weighted by molar-refractivity contribution is 0.242. The SMILES string of the molecule is CCC(CN=C(N)Nc1ccccc1)N1CCCC1.I. The molecule has 2 rings (SSSR count). The Morgan fingerprint density at radius 1 is 1.30 bits per heavy atom. The first-order chi connectivity index (χ1) is 9.29. The maximum Gasteiger partial charge on any atom is 0.193 e. The van der Waals surface area contributed by atoms with E-state index in [9.17, 15) is 0 Å². The van der Waals surface area contributed by atoms with Crippen LogP contribution in [-0.4, -0.2) is 36.5 Å². The highest BCUT2D eigenvalue weighted by Gasteiger charge is 2.19. The van der Waals surface area contributed by atoms with E-state index in [1.807, 2.05) is 30.3 Å². The summed E-state index contributed by atoms with van der Waals surface area (Å²) >= 11 is 0. The van der Waals surface area contributed by atoms with Crippen molar-refractivity contribution in [2.75, 3.05) is 25.0 Å². The van der Waals surface area contributed by atoms with Crippen molar-refractivity contribution in [3.63, 3.8) is 0 Å².